The predicted octanol–water partition coefficient (Wildman–Crippen LogP) is 1.93. The largest absolute Gasteiger partial charge is 0.399 e. The van der Waals surface area contributed by atoms with Crippen molar-refractivity contribution < 1.29 is 13.5 Å². The number of rotatable bonds is 5. The second-order valence-electron chi connectivity index (χ2n) is 4.49. The van der Waals surface area contributed by atoms with Crippen molar-refractivity contribution in [2.45, 2.75) is 11.0 Å². The first kappa shape index (κ1) is 15.8. The van der Waals surface area contributed by atoms with Crippen LogP contribution in [-0.2, 0) is 10.0 Å². The predicted molar refractivity (Wildman–Crippen MR) is 82.5 cm³/mol. The van der Waals surface area contributed by atoms with Gasteiger partial charge in [-0.3, -0.25) is 0 Å². The van der Waals surface area contributed by atoms with Gasteiger partial charge in [-0.2, -0.15) is 0 Å². The zero-order valence-electron chi connectivity index (χ0n) is 11.0. The molecule has 0 spiro atoms. The average molecular weight is 327 g/mol. The van der Waals surface area contributed by atoms with Crippen molar-refractivity contribution in [1.82, 2.24) is 4.72 Å². The van der Waals surface area contributed by atoms with Crippen molar-refractivity contribution in [2.24, 2.45) is 0 Å². The smallest absolute Gasteiger partial charge is 0.240 e. The summed E-state index contributed by atoms with van der Waals surface area (Å²) in [5.41, 5.74) is 6.71. The molecule has 0 aliphatic carbocycles. The Morgan fingerprint density at radius 3 is 2.48 bits per heavy atom. The first-order chi connectivity index (χ1) is 9.88. The normalized spacial score (nSPS) is 13.0. The number of benzene rings is 2. The standard InChI is InChI=1S/C14H15ClN2O3S/c15-11-2-1-3-13(8-11)21(19,20)17-9-14(18)10-4-6-12(16)7-5-10/h1-8,14,17-18H,9,16H2. The van der Waals surface area contributed by atoms with Gasteiger partial charge in [0.25, 0.3) is 0 Å². The van der Waals surface area contributed by atoms with Gasteiger partial charge in [-0.25, -0.2) is 13.1 Å². The van der Waals surface area contributed by atoms with Gasteiger partial charge in [-0.1, -0.05) is 29.8 Å². The molecule has 0 aromatic heterocycles. The Morgan fingerprint density at radius 2 is 1.86 bits per heavy atom. The summed E-state index contributed by atoms with van der Waals surface area (Å²) >= 11 is 5.77. The molecule has 4 N–H and O–H groups in total. The molecule has 0 aliphatic rings. The maximum atomic E-state index is 12.1. The quantitative estimate of drug-likeness (QED) is 0.732. The number of sulfonamides is 1. The molecule has 2 rings (SSSR count). The Bertz CT molecular complexity index is 717. The topological polar surface area (TPSA) is 92.4 Å². The van der Waals surface area contributed by atoms with E-state index in [0.717, 1.165) is 0 Å². The van der Waals surface area contributed by atoms with Crippen LogP contribution in [0.3, 0.4) is 0 Å². The Hall–Kier alpha value is -1.60. The molecular weight excluding hydrogens is 312 g/mol. The van der Waals surface area contributed by atoms with Crippen molar-refractivity contribution in [3.05, 3.63) is 59.1 Å². The number of nitrogens with one attached hydrogen (secondary N) is 1. The summed E-state index contributed by atoms with van der Waals surface area (Å²) in [5.74, 6) is 0. The zero-order valence-corrected chi connectivity index (χ0v) is 12.6. The summed E-state index contributed by atoms with van der Waals surface area (Å²) in [4.78, 5) is 0.0551. The van der Waals surface area contributed by atoms with Crippen molar-refractivity contribution >= 4 is 27.3 Å². The van der Waals surface area contributed by atoms with Crippen molar-refractivity contribution in [3.63, 3.8) is 0 Å². The molecule has 2 aromatic carbocycles. The van der Waals surface area contributed by atoms with Crippen LogP contribution in [0.5, 0.6) is 0 Å². The summed E-state index contributed by atoms with van der Waals surface area (Å²) in [6.07, 6.45) is -0.959. The van der Waals surface area contributed by atoms with Gasteiger partial charge in [0.2, 0.25) is 10.0 Å². The molecule has 0 amide bonds. The molecule has 0 saturated carbocycles. The second-order valence-corrected chi connectivity index (χ2v) is 6.70. The molecule has 0 bridgehead atoms. The fourth-order valence-electron chi connectivity index (χ4n) is 1.74. The molecule has 1 unspecified atom stereocenters. The number of aliphatic hydroxyl groups is 1. The number of hydrogen-bond donors (Lipinski definition) is 3. The van der Waals surface area contributed by atoms with E-state index in [1.54, 1.807) is 36.4 Å². The lowest BCUT2D eigenvalue weighted by atomic mass is 10.1. The van der Waals surface area contributed by atoms with Gasteiger partial charge in [-0.15, -0.1) is 0 Å². The maximum Gasteiger partial charge on any atom is 0.240 e. The second kappa shape index (κ2) is 6.44. The van der Waals surface area contributed by atoms with Crippen molar-refractivity contribution in [2.75, 3.05) is 12.3 Å². The molecule has 112 valence electrons. The fourth-order valence-corrected chi connectivity index (χ4v) is 3.08. The number of aliphatic hydroxyl groups excluding tert-OH is 1. The van der Waals surface area contributed by atoms with Gasteiger partial charge in [0.15, 0.2) is 0 Å². The van der Waals surface area contributed by atoms with Gasteiger partial charge in [0.05, 0.1) is 11.0 Å². The highest BCUT2D eigenvalue weighted by atomic mass is 35.5. The third-order valence-corrected chi connectivity index (χ3v) is 4.55. The molecule has 0 aliphatic heterocycles. The van der Waals surface area contributed by atoms with Crippen LogP contribution in [-0.4, -0.2) is 20.1 Å². The van der Waals surface area contributed by atoms with Crippen LogP contribution < -0.4 is 10.5 Å². The molecule has 0 fully saturated rings. The Labute approximate surface area is 128 Å². The average Bonchev–Trinajstić information content (AvgIpc) is 2.45. The van der Waals surface area contributed by atoms with Crippen LogP contribution in [0.1, 0.15) is 11.7 Å². The molecule has 0 radical (unpaired) electrons. The fraction of sp³-hybridized carbons (Fsp3) is 0.143. The Kier molecular flexibility index (Phi) is 4.84. The lowest BCUT2D eigenvalue weighted by Crippen LogP contribution is -2.28. The number of halogens is 1. The highest BCUT2D eigenvalue weighted by Crippen LogP contribution is 2.17. The summed E-state index contributed by atoms with van der Waals surface area (Å²) in [6, 6.07) is 12.5. The Morgan fingerprint density at radius 1 is 1.19 bits per heavy atom. The maximum absolute atomic E-state index is 12.1. The van der Waals surface area contributed by atoms with E-state index in [9.17, 15) is 13.5 Å². The molecule has 5 nitrogen and oxygen atoms in total. The number of nitrogen functional groups attached to an aromatic ring is 1. The van der Waals surface area contributed by atoms with Crippen LogP contribution in [0.15, 0.2) is 53.4 Å². The van der Waals surface area contributed by atoms with E-state index in [-0.39, 0.29) is 11.4 Å². The van der Waals surface area contributed by atoms with Crippen LogP contribution in [0.2, 0.25) is 5.02 Å². The van der Waals surface area contributed by atoms with E-state index < -0.39 is 16.1 Å². The van der Waals surface area contributed by atoms with E-state index in [1.165, 1.54) is 12.1 Å². The highest BCUT2D eigenvalue weighted by Gasteiger charge is 2.16. The van der Waals surface area contributed by atoms with E-state index in [1.807, 2.05) is 0 Å². The first-order valence-corrected chi connectivity index (χ1v) is 8.03. The van der Waals surface area contributed by atoms with Gasteiger partial charge in [-0.05, 0) is 35.9 Å². The van der Waals surface area contributed by atoms with E-state index in [0.29, 0.717) is 16.3 Å². The SMILES string of the molecule is Nc1ccc(C(O)CNS(=O)(=O)c2cccc(Cl)c2)cc1. The molecule has 21 heavy (non-hydrogen) atoms. The number of hydrogen-bond acceptors (Lipinski definition) is 4. The Balaban J connectivity index is 2.06. The summed E-state index contributed by atoms with van der Waals surface area (Å²) in [6.45, 7) is -0.140. The minimum Gasteiger partial charge on any atom is -0.399 e. The first-order valence-electron chi connectivity index (χ1n) is 6.17. The third kappa shape index (κ3) is 4.18. The molecule has 2 aromatic rings. The summed E-state index contributed by atoms with van der Waals surface area (Å²) in [7, 11) is -3.71. The van der Waals surface area contributed by atoms with E-state index in [2.05, 4.69) is 4.72 Å². The summed E-state index contributed by atoms with van der Waals surface area (Å²) < 4.78 is 26.5. The third-order valence-electron chi connectivity index (χ3n) is 2.89. The number of nitrogens with two attached hydrogens (primary N) is 1. The monoisotopic (exact) mass is 326 g/mol. The molecule has 0 saturated heterocycles. The van der Waals surface area contributed by atoms with Gasteiger partial charge in [0, 0.05) is 17.3 Å². The molecular formula is C14H15ClN2O3S. The van der Waals surface area contributed by atoms with E-state index >= 15 is 0 Å². The van der Waals surface area contributed by atoms with Crippen LogP contribution >= 0.6 is 11.6 Å². The molecule has 7 heteroatoms. The lowest BCUT2D eigenvalue weighted by molar-refractivity contribution is 0.182. The van der Waals surface area contributed by atoms with Crippen molar-refractivity contribution in [3.8, 4) is 0 Å². The van der Waals surface area contributed by atoms with Crippen LogP contribution in [0, 0.1) is 0 Å². The molecule has 1 atom stereocenters. The van der Waals surface area contributed by atoms with Gasteiger partial charge in [0.1, 0.15) is 0 Å². The van der Waals surface area contributed by atoms with Crippen LogP contribution in [0.25, 0.3) is 0 Å². The van der Waals surface area contributed by atoms with Gasteiger partial charge >= 0.3 is 0 Å². The van der Waals surface area contributed by atoms with Crippen LogP contribution in [0.4, 0.5) is 5.69 Å². The highest BCUT2D eigenvalue weighted by molar-refractivity contribution is 7.89. The van der Waals surface area contributed by atoms with Crippen molar-refractivity contribution in [1.29, 1.82) is 0 Å². The minimum atomic E-state index is -3.71. The zero-order chi connectivity index (χ0) is 15.5. The van der Waals surface area contributed by atoms with E-state index in [4.69, 9.17) is 17.3 Å². The molecule has 0 heterocycles. The number of anilines is 1. The summed E-state index contributed by atoms with van der Waals surface area (Å²) in [5, 5.41) is 10.3. The van der Waals surface area contributed by atoms with Gasteiger partial charge < -0.3 is 10.8 Å². The minimum absolute atomic E-state index is 0.0551. The lowest BCUT2D eigenvalue weighted by Gasteiger charge is -2.13.